The highest BCUT2D eigenvalue weighted by Gasteiger charge is 2.19. The number of sulfonamides is 1. The predicted molar refractivity (Wildman–Crippen MR) is 70.3 cm³/mol. The van der Waals surface area contributed by atoms with Gasteiger partial charge in [0.15, 0.2) is 0 Å². The highest BCUT2D eigenvalue weighted by Crippen LogP contribution is 2.05. The van der Waals surface area contributed by atoms with Gasteiger partial charge >= 0.3 is 12.0 Å². The lowest BCUT2D eigenvalue weighted by molar-refractivity contribution is -0.137. The van der Waals surface area contributed by atoms with Gasteiger partial charge in [-0.3, -0.25) is 4.79 Å². The Bertz CT molecular complexity index is 407. The zero-order chi connectivity index (χ0) is 15.1. The van der Waals surface area contributed by atoms with Crippen molar-refractivity contribution in [2.24, 2.45) is 5.92 Å². The molecule has 19 heavy (non-hydrogen) atoms. The number of carbonyl (C=O) groups is 2. The van der Waals surface area contributed by atoms with Crippen LogP contribution >= 0.6 is 0 Å². The number of nitrogens with one attached hydrogen (secondary N) is 3. The summed E-state index contributed by atoms with van der Waals surface area (Å²) in [7, 11) is -2.08. The van der Waals surface area contributed by atoms with Crippen LogP contribution in [0.4, 0.5) is 4.79 Å². The van der Waals surface area contributed by atoms with E-state index in [1.54, 1.807) is 13.8 Å². The standard InChI is InChI=1S/C10H21N3O5S/c1-7(2)8(6-9(14)15)13-10(16)12-4-5-19(17,18)11-3/h7-8,11H,4-6H2,1-3H3,(H,14,15)(H2,12,13,16). The van der Waals surface area contributed by atoms with Gasteiger partial charge < -0.3 is 15.7 Å². The van der Waals surface area contributed by atoms with Crippen molar-refractivity contribution in [1.82, 2.24) is 15.4 Å². The highest BCUT2D eigenvalue weighted by molar-refractivity contribution is 7.89. The monoisotopic (exact) mass is 295 g/mol. The second-order valence-electron chi connectivity index (χ2n) is 4.37. The van der Waals surface area contributed by atoms with Crippen molar-refractivity contribution in [1.29, 1.82) is 0 Å². The third kappa shape index (κ3) is 8.38. The Morgan fingerprint density at radius 1 is 1.26 bits per heavy atom. The molecule has 0 aromatic rings. The Hall–Kier alpha value is -1.35. The van der Waals surface area contributed by atoms with Gasteiger partial charge in [-0.15, -0.1) is 0 Å². The fourth-order valence-electron chi connectivity index (χ4n) is 1.26. The molecule has 8 nitrogen and oxygen atoms in total. The number of urea groups is 1. The number of amides is 2. The maximum Gasteiger partial charge on any atom is 0.315 e. The van der Waals surface area contributed by atoms with Gasteiger partial charge in [-0.25, -0.2) is 17.9 Å². The molecule has 0 aromatic heterocycles. The number of carbonyl (C=O) groups excluding carboxylic acids is 1. The van der Waals surface area contributed by atoms with Crippen molar-refractivity contribution in [2.45, 2.75) is 26.3 Å². The van der Waals surface area contributed by atoms with E-state index in [4.69, 9.17) is 5.11 Å². The molecular weight excluding hydrogens is 274 g/mol. The maximum atomic E-state index is 11.5. The smallest absolute Gasteiger partial charge is 0.315 e. The van der Waals surface area contributed by atoms with Crippen LogP contribution in [-0.4, -0.2) is 50.9 Å². The molecular formula is C10H21N3O5S. The first-order chi connectivity index (χ1) is 8.68. The minimum absolute atomic E-state index is 0.0390. The van der Waals surface area contributed by atoms with Crippen LogP contribution in [0, 0.1) is 5.92 Å². The predicted octanol–water partition coefficient (Wildman–Crippen LogP) is -0.666. The van der Waals surface area contributed by atoms with E-state index in [2.05, 4.69) is 15.4 Å². The van der Waals surface area contributed by atoms with Gasteiger partial charge in [-0.05, 0) is 13.0 Å². The van der Waals surface area contributed by atoms with E-state index in [1.165, 1.54) is 7.05 Å². The van der Waals surface area contributed by atoms with Gasteiger partial charge in [-0.2, -0.15) is 0 Å². The number of hydrogen-bond donors (Lipinski definition) is 4. The number of hydrogen-bond acceptors (Lipinski definition) is 4. The van der Waals surface area contributed by atoms with E-state index in [0.717, 1.165) is 0 Å². The maximum absolute atomic E-state index is 11.5. The molecule has 0 aliphatic rings. The summed E-state index contributed by atoms with van der Waals surface area (Å²) in [6.45, 7) is 3.53. The van der Waals surface area contributed by atoms with Crippen LogP contribution < -0.4 is 15.4 Å². The topological polar surface area (TPSA) is 125 Å². The van der Waals surface area contributed by atoms with Crippen LogP contribution in [0.15, 0.2) is 0 Å². The Labute approximate surface area is 113 Å². The van der Waals surface area contributed by atoms with E-state index in [-0.39, 0.29) is 24.6 Å². The van der Waals surface area contributed by atoms with Gasteiger partial charge in [-0.1, -0.05) is 13.8 Å². The molecule has 9 heteroatoms. The Morgan fingerprint density at radius 2 is 1.84 bits per heavy atom. The molecule has 1 atom stereocenters. The minimum atomic E-state index is -3.37. The van der Waals surface area contributed by atoms with Crippen LogP contribution in [0.5, 0.6) is 0 Å². The van der Waals surface area contributed by atoms with Gasteiger partial charge in [0, 0.05) is 12.6 Å². The van der Waals surface area contributed by atoms with Crippen molar-refractivity contribution in [2.75, 3.05) is 19.3 Å². The van der Waals surface area contributed by atoms with Crippen molar-refractivity contribution in [3.05, 3.63) is 0 Å². The summed E-state index contributed by atoms with van der Waals surface area (Å²) >= 11 is 0. The molecule has 112 valence electrons. The summed E-state index contributed by atoms with van der Waals surface area (Å²) in [5, 5.41) is 13.6. The largest absolute Gasteiger partial charge is 0.481 e. The second kappa shape index (κ2) is 7.95. The van der Waals surface area contributed by atoms with E-state index >= 15 is 0 Å². The molecule has 0 fully saturated rings. The molecule has 0 heterocycles. The summed E-state index contributed by atoms with van der Waals surface area (Å²) in [4.78, 5) is 22.1. The van der Waals surface area contributed by atoms with E-state index in [1.807, 2.05) is 0 Å². The first-order valence-corrected chi connectivity index (χ1v) is 7.50. The quantitative estimate of drug-likeness (QED) is 0.473. The van der Waals surface area contributed by atoms with Gasteiger partial charge in [0.05, 0.1) is 12.2 Å². The van der Waals surface area contributed by atoms with Gasteiger partial charge in [0.2, 0.25) is 10.0 Å². The fourth-order valence-corrected chi connectivity index (χ4v) is 1.84. The van der Waals surface area contributed by atoms with E-state index < -0.39 is 28.1 Å². The lowest BCUT2D eigenvalue weighted by Gasteiger charge is -2.20. The third-order valence-electron chi connectivity index (χ3n) is 2.48. The Balaban J connectivity index is 4.17. The van der Waals surface area contributed by atoms with Crippen LogP contribution in [0.3, 0.4) is 0 Å². The highest BCUT2D eigenvalue weighted by atomic mass is 32.2. The van der Waals surface area contributed by atoms with Crippen LogP contribution in [0.2, 0.25) is 0 Å². The van der Waals surface area contributed by atoms with E-state index in [0.29, 0.717) is 0 Å². The Kier molecular flexibility index (Phi) is 7.38. The normalized spacial score (nSPS) is 13.1. The summed E-state index contributed by atoms with van der Waals surface area (Å²) < 4.78 is 24.3. The minimum Gasteiger partial charge on any atom is -0.481 e. The molecule has 0 aliphatic heterocycles. The molecule has 1 unspecified atom stereocenters. The second-order valence-corrected chi connectivity index (χ2v) is 6.42. The average molecular weight is 295 g/mol. The van der Waals surface area contributed by atoms with Crippen LogP contribution in [0.1, 0.15) is 20.3 Å². The lowest BCUT2D eigenvalue weighted by Crippen LogP contribution is -2.46. The molecule has 0 radical (unpaired) electrons. The average Bonchev–Trinajstić information content (AvgIpc) is 2.27. The van der Waals surface area contributed by atoms with Crippen molar-refractivity contribution in [3.8, 4) is 0 Å². The molecule has 4 N–H and O–H groups in total. The molecule has 0 bridgehead atoms. The molecule has 0 saturated heterocycles. The summed E-state index contributed by atoms with van der Waals surface area (Å²) in [5.41, 5.74) is 0. The first kappa shape index (κ1) is 17.6. The van der Waals surface area contributed by atoms with Gasteiger partial charge in [0.1, 0.15) is 0 Å². The lowest BCUT2D eigenvalue weighted by atomic mass is 10.0. The number of rotatable bonds is 8. The SMILES string of the molecule is CNS(=O)(=O)CCNC(=O)NC(CC(=O)O)C(C)C. The van der Waals surface area contributed by atoms with Crippen molar-refractivity contribution >= 4 is 22.0 Å². The zero-order valence-corrected chi connectivity index (χ0v) is 12.1. The van der Waals surface area contributed by atoms with Crippen molar-refractivity contribution < 1.29 is 23.1 Å². The zero-order valence-electron chi connectivity index (χ0n) is 11.3. The summed E-state index contributed by atoms with van der Waals surface area (Å²) in [6, 6.07) is -1.08. The van der Waals surface area contributed by atoms with Crippen LogP contribution in [0.25, 0.3) is 0 Å². The molecule has 0 spiro atoms. The van der Waals surface area contributed by atoms with Crippen molar-refractivity contribution in [3.63, 3.8) is 0 Å². The number of aliphatic carboxylic acids is 1. The number of carboxylic acid groups (broad SMARTS) is 1. The first-order valence-electron chi connectivity index (χ1n) is 5.85. The molecule has 0 saturated carbocycles. The summed E-state index contributed by atoms with van der Waals surface area (Å²) in [5.74, 6) is -1.28. The summed E-state index contributed by atoms with van der Waals surface area (Å²) in [6.07, 6.45) is -0.181. The van der Waals surface area contributed by atoms with Crippen LogP contribution in [-0.2, 0) is 14.8 Å². The third-order valence-corrected chi connectivity index (χ3v) is 3.85. The van der Waals surface area contributed by atoms with Gasteiger partial charge in [0.25, 0.3) is 0 Å². The molecule has 0 rings (SSSR count). The number of carboxylic acids is 1. The molecule has 0 aliphatic carbocycles. The molecule has 0 aromatic carbocycles. The fraction of sp³-hybridized carbons (Fsp3) is 0.800. The molecule has 2 amide bonds. The van der Waals surface area contributed by atoms with E-state index in [9.17, 15) is 18.0 Å². The Morgan fingerprint density at radius 3 is 2.26 bits per heavy atom.